The maximum Gasteiger partial charge on any atom is 0.325 e. The molecule has 6 nitrogen and oxygen atoms in total. The van der Waals surface area contributed by atoms with Crippen molar-refractivity contribution in [3.63, 3.8) is 0 Å². The molecule has 1 fully saturated rings. The van der Waals surface area contributed by atoms with Gasteiger partial charge in [0, 0.05) is 0 Å². The molecule has 2 N–H and O–H groups in total. The third-order valence-electron chi connectivity index (χ3n) is 3.32. The molecule has 0 spiro atoms. The summed E-state index contributed by atoms with van der Waals surface area (Å²) in [6.07, 6.45) is 1.73. The second-order valence-corrected chi connectivity index (χ2v) is 6.07. The van der Waals surface area contributed by atoms with Gasteiger partial charge < -0.3 is 14.8 Å². The lowest BCUT2D eigenvalue weighted by Crippen LogP contribution is -2.19. The molecule has 2 aromatic carbocycles. The predicted molar refractivity (Wildman–Crippen MR) is 92.9 cm³/mol. The van der Waals surface area contributed by atoms with E-state index in [1.165, 1.54) is 11.8 Å². The highest BCUT2D eigenvalue weighted by molar-refractivity contribution is 8.18. The average molecular weight is 337 g/mol. The number of thioether (sulfide) groups is 1. The van der Waals surface area contributed by atoms with Crippen LogP contribution in [0, 0.1) is 0 Å². The number of hydrogen-bond donors (Lipinski definition) is 2. The molecule has 1 saturated heterocycles. The van der Waals surface area contributed by atoms with Gasteiger partial charge in [0.25, 0.3) is 5.91 Å². The lowest BCUT2D eigenvalue weighted by Gasteiger charge is -1.95. The molecule has 1 aliphatic rings. The van der Waals surface area contributed by atoms with Gasteiger partial charge in [-0.3, -0.25) is 4.79 Å². The Bertz CT molecular complexity index is 957. The van der Waals surface area contributed by atoms with Gasteiger partial charge in [0.05, 0.1) is 4.91 Å². The Balaban J connectivity index is 1.60. The second-order valence-electron chi connectivity index (χ2n) is 5.04. The molecule has 2 heterocycles. The summed E-state index contributed by atoms with van der Waals surface area (Å²) >= 11 is 1.21. The highest BCUT2D eigenvalue weighted by Crippen LogP contribution is 2.29. The molecular weight excluding hydrogens is 326 g/mol. The number of fused-ring (bicyclic) bond motifs is 1. The van der Waals surface area contributed by atoms with E-state index in [1.807, 2.05) is 24.3 Å². The van der Waals surface area contributed by atoms with Crippen LogP contribution in [-0.4, -0.2) is 21.2 Å². The summed E-state index contributed by atoms with van der Waals surface area (Å²) in [6.45, 7) is 0. The fourth-order valence-electron chi connectivity index (χ4n) is 2.20. The van der Waals surface area contributed by atoms with Crippen molar-refractivity contribution in [1.29, 1.82) is 0 Å². The van der Waals surface area contributed by atoms with E-state index in [9.17, 15) is 9.90 Å². The van der Waals surface area contributed by atoms with Gasteiger partial charge in [-0.25, -0.2) is 0 Å². The Morgan fingerprint density at radius 2 is 1.96 bits per heavy atom. The number of hydrogen-bond acceptors (Lipinski definition) is 6. The number of nitrogens with one attached hydrogen (secondary N) is 1. The maximum absolute atomic E-state index is 12.0. The van der Waals surface area contributed by atoms with Crippen molar-refractivity contribution in [2.24, 2.45) is 4.99 Å². The quantitative estimate of drug-likeness (QED) is 0.700. The van der Waals surface area contributed by atoms with Gasteiger partial charge in [-0.1, -0.05) is 24.3 Å². The summed E-state index contributed by atoms with van der Waals surface area (Å²) in [7, 11) is 0. The summed E-state index contributed by atoms with van der Waals surface area (Å²) in [4.78, 5) is 21.0. The first-order valence-electron chi connectivity index (χ1n) is 7.11. The van der Waals surface area contributed by atoms with Gasteiger partial charge in [-0.15, -0.1) is 0 Å². The first-order valence-corrected chi connectivity index (χ1v) is 7.93. The number of aromatic nitrogens is 1. The van der Waals surface area contributed by atoms with Crippen molar-refractivity contribution in [1.82, 2.24) is 10.3 Å². The molecule has 0 bridgehead atoms. The van der Waals surface area contributed by atoms with Crippen LogP contribution in [0.15, 0.2) is 62.8 Å². The predicted octanol–water partition coefficient (Wildman–Crippen LogP) is 3.43. The number of aromatic hydroxyl groups is 1. The fraction of sp³-hybridized carbons (Fsp3) is 0. The molecule has 1 aliphatic heterocycles. The zero-order valence-electron chi connectivity index (χ0n) is 12.3. The number of para-hydroxylation sites is 2. The van der Waals surface area contributed by atoms with Crippen molar-refractivity contribution in [2.75, 3.05) is 0 Å². The lowest BCUT2D eigenvalue weighted by atomic mass is 10.2. The number of phenolic OH excluding ortho intramolecular Hbond substituents is 1. The van der Waals surface area contributed by atoms with Crippen LogP contribution in [-0.2, 0) is 4.79 Å². The number of nitrogens with zero attached hydrogens (tertiary/aromatic N) is 2. The molecule has 24 heavy (non-hydrogen) atoms. The van der Waals surface area contributed by atoms with Crippen molar-refractivity contribution in [3.8, 4) is 5.75 Å². The number of benzene rings is 2. The number of amidine groups is 1. The topological polar surface area (TPSA) is 87.7 Å². The Kier molecular flexibility index (Phi) is 3.55. The highest BCUT2D eigenvalue weighted by Gasteiger charge is 2.24. The number of phenols is 1. The zero-order valence-corrected chi connectivity index (χ0v) is 13.1. The molecular formula is C17H11N3O3S. The maximum atomic E-state index is 12.0. The third-order valence-corrected chi connectivity index (χ3v) is 4.23. The third kappa shape index (κ3) is 2.89. The fourth-order valence-corrected chi connectivity index (χ4v) is 3.01. The van der Waals surface area contributed by atoms with Gasteiger partial charge in [-0.05, 0) is 47.7 Å². The van der Waals surface area contributed by atoms with E-state index in [2.05, 4.69) is 15.3 Å². The molecule has 0 saturated carbocycles. The minimum Gasteiger partial charge on any atom is -0.508 e. The molecule has 0 unspecified atom stereocenters. The van der Waals surface area contributed by atoms with Crippen LogP contribution in [0.4, 0.5) is 6.01 Å². The number of aliphatic imine (C=N–C) groups is 1. The van der Waals surface area contributed by atoms with E-state index in [-0.39, 0.29) is 17.7 Å². The first-order chi connectivity index (χ1) is 11.7. The van der Waals surface area contributed by atoms with E-state index in [1.54, 1.807) is 30.3 Å². The SMILES string of the molecule is O=C1N/C(=N\c2nc3ccccc3o2)S/C1=C\c1ccc(O)cc1. The number of oxazole rings is 1. The summed E-state index contributed by atoms with van der Waals surface area (Å²) in [6, 6.07) is 14.2. The molecule has 0 radical (unpaired) electrons. The van der Waals surface area contributed by atoms with Crippen molar-refractivity contribution in [3.05, 3.63) is 59.0 Å². The summed E-state index contributed by atoms with van der Waals surface area (Å²) in [5.74, 6) is -0.0539. The van der Waals surface area contributed by atoms with Crippen LogP contribution < -0.4 is 5.32 Å². The minimum absolute atomic E-state index is 0.180. The number of amides is 1. The molecule has 7 heteroatoms. The van der Waals surface area contributed by atoms with E-state index < -0.39 is 0 Å². The van der Waals surface area contributed by atoms with Crippen molar-refractivity contribution in [2.45, 2.75) is 0 Å². The molecule has 118 valence electrons. The van der Waals surface area contributed by atoms with Crippen molar-refractivity contribution < 1.29 is 14.3 Å². The second kappa shape index (κ2) is 5.86. The molecule has 0 aliphatic carbocycles. The summed E-state index contributed by atoms with van der Waals surface area (Å²) in [5, 5.41) is 12.4. The first kappa shape index (κ1) is 14.5. The van der Waals surface area contributed by atoms with Gasteiger partial charge in [0.2, 0.25) is 0 Å². The van der Waals surface area contributed by atoms with E-state index >= 15 is 0 Å². The molecule has 1 amide bonds. The Hall–Kier alpha value is -3.06. The number of rotatable bonds is 2. The van der Waals surface area contributed by atoms with Crippen LogP contribution in [0.2, 0.25) is 0 Å². The monoisotopic (exact) mass is 337 g/mol. The van der Waals surface area contributed by atoms with Crippen LogP contribution in [0.25, 0.3) is 17.2 Å². The van der Waals surface area contributed by atoms with Crippen LogP contribution in [0.5, 0.6) is 5.75 Å². The summed E-state index contributed by atoms with van der Waals surface area (Å²) < 4.78 is 5.52. The molecule has 0 atom stereocenters. The highest BCUT2D eigenvalue weighted by atomic mass is 32.2. The standard InChI is InChI=1S/C17H11N3O3S/c21-11-7-5-10(6-8-11)9-14-15(22)19-17(24-14)20-16-18-12-3-1-2-4-13(12)23-16/h1-9,21H,(H,18,19,20,22)/b14-9-. The molecule has 4 rings (SSSR count). The zero-order chi connectivity index (χ0) is 16.5. The number of carbonyl (C=O) groups excluding carboxylic acids is 1. The Labute approximate surface area is 140 Å². The van der Waals surface area contributed by atoms with Crippen LogP contribution >= 0.6 is 11.8 Å². The van der Waals surface area contributed by atoms with E-state index in [0.29, 0.717) is 21.2 Å². The smallest absolute Gasteiger partial charge is 0.325 e. The Morgan fingerprint density at radius 1 is 1.17 bits per heavy atom. The minimum atomic E-state index is -0.233. The van der Waals surface area contributed by atoms with Gasteiger partial charge in [0.15, 0.2) is 10.8 Å². The van der Waals surface area contributed by atoms with E-state index in [4.69, 9.17) is 4.42 Å². The molecule has 3 aromatic rings. The normalized spacial score (nSPS) is 17.8. The lowest BCUT2D eigenvalue weighted by molar-refractivity contribution is -0.115. The van der Waals surface area contributed by atoms with Crippen molar-refractivity contribution >= 4 is 46.0 Å². The number of carbonyl (C=O) groups is 1. The molecule has 1 aromatic heterocycles. The van der Waals surface area contributed by atoms with Gasteiger partial charge in [0.1, 0.15) is 11.3 Å². The van der Waals surface area contributed by atoms with Crippen LogP contribution in [0.1, 0.15) is 5.56 Å². The van der Waals surface area contributed by atoms with Gasteiger partial charge in [-0.2, -0.15) is 9.98 Å². The van der Waals surface area contributed by atoms with E-state index in [0.717, 1.165) is 5.56 Å². The van der Waals surface area contributed by atoms with Crippen LogP contribution in [0.3, 0.4) is 0 Å². The summed E-state index contributed by atoms with van der Waals surface area (Å²) in [5.41, 5.74) is 2.17. The largest absolute Gasteiger partial charge is 0.508 e. The average Bonchev–Trinajstić information content (AvgIpc) is 3.12. The Morgan fingerprint density at radius 3 is 2.75 bits per heavy atom. The van der Waals surface area contributed by atoms with Gasteiger partial charge >= 0.3 is 6.01 Å².